The lowest BCUT2D eigenvalue weighted by molar-refractivity contribution is -0.113. The van der Waals surface area contributed by atoms with Crippen molar-refractivity contribution in [1.82, 2.24) is 0 Å². The maximum atomic E-state index is 13.2. The van der Waals surface area contributed by atoms with Crippen LogP contribution in [0.1, 0.15) is 6.92 Å². The first-order valence-electron chi connectivity index (χ1n) is 7.80. The SMILES string of the molecule is CCN1/C(=C2/SC(=S)N(c3ccc(F)cc3)C2=O)Sc2ccc(Cl)cc21. The summed E-state index contributed by atoms with van der Waals surface area (Å²) in [7, 11) is 0. The number of thioether (sulfide) groups is 2. The van der Waals surface area contributed by atoms with Crippen LogP contribution in [-0.4, -0.2) is 16.8 Å². The van der Waals surface area contributed by atoms with Crippen LogP contribution in [0.4, 0.5) is 15.8 Å². The maximum absolute atomic E-state index is 13.2. The predicted molar refractivity (Wildman–Crippen MR) is 111 cm³/mol. The summed E-state index contributed by atoms with van der Waals surface area (Å²) in [5.41, 5.74) is 1.56. The molecule has 2 aliphatic rings. The van der Waals surface area contributed by atoms with Crippen LogP contribution in [0.2, 0.25) is 5.02 Å². The Morgan fingerprint density at radius 2 is 1.88 bits per heavy atom. The molecule has 1 fully saturated rings. The smallest absolute Gasteiger partial charge is 0.273 e. The Labute approximate surface area is 169 Å². The number of fused-ring (bicyclic) bond motifs is 1. The van der Waals surface area contributed by atoms with E-state index < -0.39 is 0 Å². The molecule has 1 amide bonds. The third-order valence-corrected chi connectivity index (χ3v) is 6.94. The van der Waals surface area contributed by atoms with E-state index in [9.17, 15) is 9.18 Å². The molecule has 1 saturated heterocycles. The summed E-state index contributed by atoms with van der Waals surface area (Å²) in [5, 5.41) is 1.51. The second-order valence-electron chi connectivity index (χ2n) is 5.58. The van der Waals surface area contributed by atoms with Crippen LogP contribution < -0.4 is 9.80 Å². The Hall–Kier alpha value is -1.54. The normalized spacial score (nSPS) is 19.5. The minimum absolute atomic E-state index is 0.188. The second-order valence-corrected chi connectivity index (χ2v) is 8.69. The molecule has 0 saturated carbocycles. The first kappa shape index (κ1) is 17.9. The average Bonchev–Trinajstić information content (AvgIpc) is 3.12. The first-order valence-corrected chi connectivity index (χ1v) is 10.2. The highest BCUT2D eigenvalue weighted by Gasteiger charge is 2.39. The molecule has 3 nitrogen and oxygen atoms in total. The monoisotopic (exact) mass is 422 g/mol. The van der Waals surface area contributed by atoms with Gasteiger partial charge in [-0.3, -0.25) is 9.69 Å². The number of amides is 1. The molecule has 2 aromatic rings. The van der Waals surface area contributed by atoms with Gasteiger partial charge in [-0.05, 0) is 49.4 Å². The Morgan fingerprint density at radius 3 is 2.58 bits per heavy atom. The summed E-state index contributed by atoms with van der Waals surface area (Å²) >= 11 is 14.4. The van der Waals surface area contributed by atoms with Crippen LogP contribution in [0.15, 0.2) is 57.3 Å². The van der Waals surface area contributed by atoms with Gasteiger partial charge in [0.1, 0.15) is 15.8 Å². The fraction of sp³-hybridized carbons (Fsp3) is 0.111. The lowest BCUT2D eigenvalue weighted by Crippen LogP contribution is -2.28. The minimum atomic E-state index is -0.353. The summed E-state index contributed by atoms with van der Waals surface area (Å²) in [6.45, 7) is 2.73. The molecule has 4 rings (SSSR count). The van der Waals surface area contributed by atoms with Gasteiger partial charge in [0.25, 0.3) is 5.91 Å². The molecule has 0 spiro atoms. The van der Waals surface area contributed by atoms with E-state index >= 15 is 0 Å². The molecule has 26 heavy (non-hydrogen) atoms. The number of benzene rings is 2. The first-order chi connectivity index (χ1) is 12.5. The lowest BCUT2D eigenvalue weighted by atomic mass is 10.2. The number of hydrogen-bond donors (Lipinski definition) is 0. The number of thiocarbonyl (C=S) groups is 1. The zero-order chi connectivity index (χ0) is 18.4. The number of hydrogen-bond acceptors (Lipinski definition) is 5. The number of anilines is 2. The van der Waals surface area contributed by atoms with Crippen LogP contribution >= 0.6 is 47.3 Å². The highest BCUT2D eigenvalue weighted by atomic mass is 35.5. The standard InChI is InChI=1S/C18H12ClFN2OS3/c1-2-21-13-9-10(19)3-8-14(13)25-17(21)15-16(23)22(18(24)26-15)12-6-4-11(20)5-7-12/h3-9H,2H2,1H3/b17-15-. The van der Waals surface area contributed by atoms with Crippen LogP contribution in [0.25, 0.3) is 0 Å². The van der Waals surface area contributed by atoms with E-state index in [2.05, 4.69) is 4.90 Å². The van der Waals surface area contributed by atoms with E-state index in [1.165, 1.54) is 40.6 Å². The van der Waals surface area contributed by atoms with Crippen LogP contribution in [-0.2, 0) is 4.79 Å². The van der Waals surface area contributed by atoms with Gasteiger partial charge in [0.2, 0.25) is 0 Å². The largest absolute Gasteiger partial charge is 0.334 e. The number of rotatable bonds is 2. The van der Waals surface area contributed by atoms with Gasteiger partial charge >= 0.3 is 0 Å². The van der Waals surface area contributed by atoms with Gasteiger partial charge in [0.15, 0.2) is 4.32 Å². The van der Waals surface area contributed by atoms with E-state index in [1.807, 2.05) is 25.1 Å². The summed E-state index contributed by atoms with van der Waals surface area (Å²) < 4.78 is 13.6. The van der Waals surface area contributed by atoms with Gasteiger partial charge in [0.05, 0.1) is 11.4 Å². The zero-order valence-electron chi connectivity index (χ0n) is 13.5. The van der Waals surface area contributed by atoms with Crippen LogP contribution in [0, 0.1) is 5.82 Å². The van der Waals surface area contributed by atoms with E-state index in [4.69, 9.17) is 23.8 Å². The van der Waals surface area contributed by atoms with Crippen molar-refractivity contribution in [1.29, 1.82) is 0 Å². The quantitative estimate of drug-likeness (QED) is 0.460. The molecule has 0 radical (unpaired) electrons. The van der Waals surface area contributed by atoms with Crippen LogP contribution in [0.5, 0.6) is 0 Å². The number of carbonyl (C=O) groups is 1. The summed E-state index contributed by atoms with van der Waals surface area (Å²) in [4.78, 5) is 18.2. The molecule has 8 heteroatoms. The molecule has 0 atom stereocenters. The van der Waals surface area contributed by atoms with Crippen molar-refractivity contribution in [3.05, 3.63) is 63.2 Å². The van der Waals surface area contributed by atoms with E-state index in [-0.39, 0.29) is 11.7 Å². The van der Waals surface area contributed by atoms with Gasteiger partial charge < -0.3 is 4.90 Å². The molecule has 0 aromatic heterocycles. The van der Waals surface area contributed by atoms with Crippen molar-refractivity contribution >= 4 is 68.9 Å². The maximum Gasteiger partial charge on any atom is 0.273 e. The molecular formula is C18H12ClFN2OS3. The number of halogens is 2. The topological polar surface area (TPSA) is 23.6 Å². The van der Waals surface area contributed by atoms with Crippen molar-refractivity contribution in [2.45, 2.75) is 11.8 Å². The van der Waals surface area contributed by atoms with Gasteiger partial charge in [0, 0.05) is 16.5 Å². The molecule has 2 heterocycles. The molecule has 0 unspecified atom stereocenters. The van der Waals surface area contributed by atoms with Crippen molar-refractivity contribution in [3.63, 3.8) is 0 Å². The van der Waals surface area contributed by atoms with Gasteiger partial charge in [-0.2, -0.15) is 0 Å². The summed E-state index contributed by atoms with van der Waals surface area (Å²) in [6, 6.07) is 11.5. The van der Waals surface area contributed by atoms with E-state index in [1.54, 1.807) is 12.1 Å². The number of carbonyl (C=O) groups excluding carboxylic acids is 1. The fourth-order valence-electron chi connectivity index (χ4n) is 2.85. The molecule has 132 valence electrons. The highest BCUT2D eigenvalue weighted by molar-refractivity contribution is 8.27. The van der Waals surface area contributed by atoms with Crippen molar-refractivity contribution in [3.8, 4) is 0 Å². The molecule has 0 N–H and O–H groups in total. The van der Waals surface area contributed by atoms with Crippen molar-refractivity contribution in [2.24, 2.45) is 0 Å². The highest BCUT2D eigenvalue weighted by Crippen LogP contribution is 2.51. The van der Waals surface area contributed by atoms with Gasteiger partial charge in [-0.25, -0.2) is 4.39 Å². The van der Waals surface area contributed by atoms with Gasteiger partial charge in [-0.1, -0.05) is 47.3 Å². The number of nitrogens with zero attached hydrogens (tertiary/aromatic N) is 2. The molecule has 2 aliphatic heterocycles. The van der Waals surface area contributed by atoms with Gasteiger partial charge in [-0.15, -0.1) is 0 Å². The fourth-order valence-corrected chi connectivity index (χ4v) is 5.67. The van der Waals surface area contributed by atoms with Crippen molar-refractivity contribution in [2.75, 3.05) is 16.3 Å². The Balaban J connectivity index is 1.75. The van der Waals surface area contributed by atoms with Crippen molar-refractivity contribution < 1.29 is 9.18 Å². The van der Waals surface area contributed by atoms with E-state index in [0.29, 0.717) is 26.5 Å². The molecule has 0 aliphatic carbocycles. The Morgan fingerprint density at radius 1 is 1.15 bits per heavy atom. The van der Waals surface area contributed by atoms with Crippen LogP contribution in [0.3, 0.4) is 0 Å². The molecule has 2 aromatic carbocycles. The lowest BCUT2D eigenvalue weighted by Gasteiger charge is -2.19. The zero-order valence-corrected chi connectivity index (χ0v) is 16.7. The van der Waals surface area contributed by atoms with E-state index in [0.717, 1.165) is 15.6 Å². The predicted octanol–water partition coefficient (Wildman–Crippen LogP) is 5.65. The third-order valence-electron chi connectivity index (χ3n) is 4.03. The Kier molecular flexibility index (Phi) is 4.73. The Bertz CT molecular complexity index is 961. The summed E-state index contributed by atoms with van der Waals surface area (Å²) in [6.07, 6.45) is 0. The summed E-state index contributed by atoms with van der Waals surface area (Å²) in [5.74, 6) is -0.542. The molecular weight excluding hydrogens is 411 g/mol. The minimum Gasteiger partial charge on any atom is -0.334 e. The molecule has 0 bridgehead atoms. The average molecular weight is 423 g/mol. The third kappa shape index (κ3) is 2.93. The second kappa shape index (κ2) is 6.88.